The Morgan fingerprint density at radius 1 is 1.26 bits per heavy atom. The molecule has 0 fully saturated rings. The topological polar surface area (TPSA) is 115 Å². The molecule has 0 spiro atoms. The fraction of sp³-hybridized carbons (Fsp3) is 0.167. The number of carbonyl (C=O) groups is 2. The van der Waals surface area contributed by atoms with E-state index in [2.05, 4.69) is 14.6 Å². The maximum atomic E-state index is 12.3. The summed E-state index contributed by atoms with van der Waals surface area (Å²) in [5.41, 5.74) is -0.201. The number of carbonyl (C=O) groups excluding carboxylic acids is 2. The van der Waals surface area contributed by atoms with Crippen molar-refractivity contribution in [2.75, 3.05) is 5.32 Å². The average Bonchev–Trinajstić information content (AvgIpc) is 2.85. The molecule has 0 radical (unpaired) electrons. The number of amides is 1. The highest BCUT2D eigenvalue weighted by Gasteiger charge is 2.38. The van der Waals surface area contributed by atoms with Crippen molar-refractivity contribution < 1.29 is 37.0 Å². The molecule has 122 valence electrons. The number of alkyl halides is 3. The summed E-state index contributed by atoms with van der Waals surface area (Å²) in [4.78, 5) is 22.7. The van der Waals surface area contributed by atoms with Crippen molar-refractivity contribution in [2.24, 2.45) is 0 Å². The Bertz CT molecular complexity index is 757. The van der Waals surface area contributed by atoms with Crippen LogP contribution in [0.15, 0.2) is 22.6 Å². The van der Waals surface area contributed by atoms with E-state index in [1.165, 1.54) is 0 Å². The van der Waals surface area contributed by atoms with Crippen LogP contribution in [0.1, 0.15) is 23.2 Å². The molecule has 1 heterocycles. The molecule has 2 rings (SSSR count). The number of rotatable bonds is 3. The van der Waals surface area contributed by atoms with Gasteiger partial charge >= 0.3 is 24.1 Å². The summed E-state index contributed by atoms with van der Waals surface area (Å²) in [5, 5.41) is 17.1. The van der Waals surface area contributed by atoms with Gasteiger partial charge in [0.05, 0.1) is 0 Å². The Kier molecular flexibility index (Phi) is 4.20. The van der Waals surface area contributed by atoms with Crippen LogP contribution in [0.2, 0.25) is 0 Å². The van der Waals surface area contributed by atoms with Crippen LogP contribution in [0.4, 0.5) is 19.2 Å². The molecule has 0 unspecified atom stereocenters. The molecule has 0 atom stereocenters. The zero-order valence-corrected chi connectivity index (χ0v) is 11.3. The fourth-order valence-corrected chi connectivity index (χ4v) is 1.50. The number of anilines is 1. The normalized spacial score (nSPS) is 11.1. The SMILES string of the molecule is CC(=O)Oc1cc(O)cc(C(=O)Nc2nnc(C(F)(F)F)o2)c1. The third-order valence-electron chi connectivity index (χ3n) is 2.30. The predicted octanol–water partition coefficient (Wildman–Crippen LogP) is 1.97. The smallest absolute Gasteiger partial charge is 0.470 e. The highest BCUT2D eigenvalue weighted by atomic mass is 19.4. The number of nitrogens with one attached hydrogen (secondary N) is 1. The molecule has 0 aliphatic heterocycles. The fourth-order valence-electron chi connectivity index (χ4n) is 1.50. The van der Waals surface area contributed by atoms with Crippen molar-refractivity contribution in [3.63, 3.8) is 0 Å². The number of hydrogen-bond acceptors (Lipinski definition) is 7. The summed E-state index contributed by atoms with van der Waals surface area (Å²) in [6.07, 6.45) is -4.84. The highest BCUT2D eigenvalue weighted by molar-refractivity contribution is 6.03. The van der Waals surface area contributed by atoms with Crippen molar-refractivity contribution in [1.29, 1.82) is 0 Å². The molecule has 23 heavy (non-hydrogen) atoms. The van der Waals surface area contributed by atoms with Gasteiger partial charge in [0.1, 0.15) is 11.5 Å². The van der Waals surface area contributed by atoms with Crippen molar-refractivity contribution >= 4 is 17.9 Å². The van der Waals surface area contributed by atoms with Crippen LogP contribution in [0.25, 0.3) is 0 Å². The lowest BCUT2D eigenvalue weighted by atomic mass is 10.2. The quantitative estimate of drug-likeness (QED) is 0.652. The van der Waals surface area contributed by atoms with Gasteiger partial charge < -0.3 is 14.3 Å². The van der Waals surface area contributed by atoms with Crippen LogP contribution in [-0.2, 0) is 11.0 Å². The van der Waals surface area contributed by atoms with E-state index in [4.69, 9.17) is 4.74 Å². The predicted molar refractivity (Wildman–Crippen MR) is 66.7 cm³/mol. The van der Waals surface area contributed by atoms with E-state index >= 15 is 0 Å². The largest absolute Gasteiger partial charge is 0.508 e. The molecule has 2 aromatic rings. The maximum Gasteiger partial charge on any atom is 0.470 e. The van der Waals surface area contributed by atoms with E-state index in [1.807, 2.05) is 5.32 Å². The van der Waals surface area contributed by atoms with Gasteiger partial charge in [-0.25, -0.2) is 0 Å². The van der Waals surface area contributed by atoms with Crippen LogP contribution in [0.5, 0.6) is 11.5 Å². The first-order valence-electron chi connectivity index (χ1n) is 5.89. The van der Waals surface area contributed by atoms with Crippen LogP contribution in [0, 0.1) is 0 Å². The van der Waals surface area contributed by atoms with E-state index in [0.717, 1.165) is 25.1 Å². The van der Waals surface area contributed by atoms with E-state index < -0.39 is 35.7 Å². The summed E-state index contributed by atoms with van der Waals surface area (Å²) < 4.78 is 45.8. The first-order valence-corrected chi connectivity index (χ1v) is 5.89. The number of nitrogens with zero attached hydrogens (tertiary/aromatic N) is 2. The molecule has 0 saturated carbocycles. The molecule has 2 N–H and O–H groups in total. The third-order valence-corrected chi connectivity index (χ3v) is 2.30. The third kappa shape index (κ3) is 4.18. The average molecular weight is 331 g/mol. The number of aromatic nitrogens is 2. The summed E-state index contributed by atoms with van der Waals surface area (Å²) in [6, 6.07) is 2.40. The number of aromatic hydroxyl groups is 1. The standard InChI is InChI=1S/C12H8F3N3O5/c1-5(19)22-8-3-6(2-7(20)4-8)9(21)16-11-18-17-10(23-11)12(13,14)15/h2-4,20H,1H3,(H,16,18,21). The summed E-state index contributed by atoms with van der Waals surface area (Å²) in [6.45, 7) is 1.11. The van der Waals surface area contributed by atoms with Crippen LogP contribution in [0.3, 0.4) is 0 Å². The van der Waals surface area contributed by atoms with Crippen molar-refractivity contribution in [3.05, 3.63) is 29.7 Å². The Morgan fingerprint density at radius 3 is 2.52 bits per heavy atom. The number of phenolic OH excluding ortho intramolecular Hbond substituents is 1. The molecular weight excluding hydrogens is 323 g/mol. The molecule has 1 aromatic carbocycles. The van der Waals surface area contributed by atoms with Gasteiger partial charge in [-0.2, -0.15) is 13.2 Å². The first kappa shape index (κ1) is 16.3. The second kappa shape index (κ2) is 5.94. The van der Waals surface area contributed by atoms with Gasteiger partial charge in [-0.15, -0.1) is 5.10 Å². The van der Waals surface area contributed by atoms with E-state index in [1.54, 1.807) is 0 Å². The van der Waals surface area contributed by atoms with Crippen molar-refractivity contribution in [3.8, 4) is 11.5 Å². The number of phenols is 1. The van der Waals surface area contributed by atoms with Crippen LogP contribution < -0.4 is 10.1 Å². The van der Waals surface area contributed by atoms with Crippen molar-refractivity contribution in [2.45, 2.75) is 13.1 Å². The van der Waals surface area contributed by atoms with Gasteiger partial charge in [0.25, 0.3) is 5.91 Å². The zero-order chi connectivity index (χ0) is 17.2. The van der Waals surface area contributed by atoms with E-state index in [-0.39, 0.29) is 11.3 Å². The molecule has 11 heteroatoms. The molecule has 0 aliphatic rings. The molecule has 0 bridgehead atoms. The maximum absolute atomic E-state index is 12.3. The second-order valence-corrected chi connectivity index (χ2v) is 4.17. The summed E-state index contributed by atoms with van der Waals surface area (Å²) >= 11 is 0. The monoisotopic (exact) mass is 331 g/mol. The summed E-state index contributed by atoms with van der Waals surface area (Å²) in [5.74, 6) is -3.77. The van der Waals surface area contributed by atoms with E-state index in [9.17, 15) is 27.9 Å². The minimum Gasteiger partial charge on any atom is -0.508 e. The number of hydrogen-bond donors (Lipinski definition) is 2. The number of benzene rings is 1. The van der Waals surface area contributed by atoms with Crippen LogP contribution in [-0.4, -0.2) is 27.2 Å². The van der Waals surface area contributed by atoms with Gasteiger partial charge in [-0.05, 0) is 12.1 Å². The Labute approximate surface area is 125 Å². The molecule has 1 amide bonds. The lowest BCUT2D eigenvalue weighted by molar-refractivity contribution is -0.156. The molecule has 8 nitrogen and oxygen atoms in total. The Balaban J connectivity index is 2.19. The number of ether oxygens (including phenoxy) is 1. The number of halogens is 3. The lowest BCUT2D eigenvalue weighted by Gasteiger charge is -2.06. The first-order chi connectivity index (χ1) is 10.6. The molecule has 1 aromatic heterocycles. The van der Waals surface area contributed by atoms with Gasteiger partial charge in [0.2, 0.25) is 0 Å². The lowest BCUT2D eigenvalue weighted by Crippen LogP contribution is -2.12. The van der Waals surface area contributed by atoms with Crippen molar-refractivity contribution in [1.82, 2.24) is 10.2 Å². The Morgan fingerprint density at radius 2 is 1.96 bits per heavy atom. The highest BCUT2D eigenvalue weighted by Crippen LogP contribution is 2.29. The molecule has 0 aliphatic carbocycles. The Hall–Kier alpha value is -3.11. The van der Waals surface area contributed by atoms with Gasteiger partial charge in [0, 0.05) is 18.6 Å². The zero-order valence-electron chi connectivity index (χ0n) is 11.3. The van der Waals surface area contributed by atoms with Crippen LogP contribution >= 0.6 is 0 Å². The number of esters is 1. The molecular formula is C12H8F3N3O5. The van der Waals surface area contributed by atoms with Gasteiger partial charge in [-0.1, -0.05) is 5.10 Å². The van der Waals surface area contributed by atoms with Gasteiger partial charge in [-0.3, -0.25) is 14.9 Å². The minimum atomic E-state index is -4.84. The van der Waals surface area contributed by atoms with Gasteiger partial charge in [0.15, 0.2) is 0 Å². The molecule has 0 saturated heterocycles. The minimum absolute atomic E-state index is 0.121. The second-order valence-electron chi connectivity index (χ2n) is 4.17. The summed E-state index contributed by atoms with van der Waals surface area (Å²) in [7, 11) is 0. The van der Waals surface area contributed by atoms with E-state index in [0.29, 0.717) is 0 Å².